The molecule has 3 aromatic rings. The first-order valence-electron chi connectivity index (χ1n) is 7.26. The summed E-state index contributed by atoms with van der Waals surface area (Å²) in [6.07, 6.45) is 0. The number of hydrogen-bond acceptors (Lipinski definition) is 1. The van der Waals surface area contributed by atoms with Gasteiger partial charge in [0.1, 0.15) is 0 Å². The average Bonchev–Trinajstić information content (AvgIpc) is 2.90. The number of halogens is 1. The summed E-state index contributed by atoms with van der Waals surface area (Å²) in [5.41, 5.74) is 5.18. The fraction of sp³-hybridized carbons (Fsp3) is 0.105. The van der Waals surface area contributed by atoms with Gasteiger partial charge in [-0.1, -0.05) is 34.1 Å². The van der Waals surface area contributed by atoms with E-state index in [4.69, 9.17) is 0 Å². The van der Waals surface area contributed by atoms with Crippen molar-refractivity contribution in [2.45, 2.75) is 13.8 Å². The monoisotopic (exact) mass is 369 g/mol. The summed E-state index contributed by atoms with van der Waals surface area (Å²) in [7, 11) is 0. The Balaban J connectivity index is 2.22. The molecule has 4 heteroatoms. The van der Waals surface area contributed by atoms with E-state index >= 15 is 0 Å². The minimum absolute atomic E-state index is 0.331. The second-order valence-corrected chi connectivity index (χ2v) is 6.37. The maximum absolute atomic E-state index is 11.4. The fourth-order valence-electron chi connectivity index (χ4n) is 2.80. The third-order valence-electron chi connectivity index (χ3n) is 3.99. The van der Waals surface area contributed by atoms with Crippen LogP contribution in [0.5, 0.6) is 0 Å². The molecule has 0 spiro atoms. The molecule has 0 aliphatic rings. The van der Waals surface area contributed by atoms with Crippen molar-refractivity contribution in [3.63, 3.8) is 0 Å². The van der Waals surface area contributed by atoms with Gasteiger partial charge in [-0.05, 0) is 61.4 Å². The van der Waals surface area contributed by atoms with Crippen molar-refractivity contribution in [3.05, 3.63) is 75.9 Å². The van der Waals surface area contributed by atoms with Crippen molar-refractivity contribution in [2.75, 3.05) is 0 Å². The van der Waals surface area contributed by atoms with Crippen LogP contribution in [0.1, 0.15) is 21.6 Å². The summed E-state index contributed by atoms with van der Waals surface area (Å²) in [5, 5.41) is 9.36. The molecule has 2 aromatic carbocycles. The Morgan fingerprint density at radius 1 is 1.00 bits per heavy atom. The van der Waals surface area contributed by atoms with Crippen molar-refractivity contribution in [2.24, 2.45) is 0 Å². The Labute approximate surface area is 143 Å². The Morgan fingerprint density at radius 3 is 2.35 bits per heavy atom. The lowest BCUT2D eigenvalue weighted by molar-refractivity contribution is 0.0696. The lowest BCUT2D eigenvalue weighted by atomic mass is 10.1. The number of carbonyl (C=O) groups is 1. The quantitative estimate of drug-likeness (QED) is 0.687. The molecule has 0 saturated carbocycles. The van der Waals surface area contributed by atoms with Gasteiger partial charge < -0.3 is 9.67 Å². The van der Waals surface area contributed by atoms with Crippen molar-refractivity contribution < 1.29 is 9.90 Å². The first kappa shape index (κ1) is 15.6. The zero-order chi connectivity index (χ0) is 16.6. The highest BCUT2D eigenvalue weighted by molar-refractivity contribution is 9.10. The highest BCUT2D eigenvalue weighted by Gasteiger charge is 2.15. The zero-order valence-electron chi connectivity index (χ0n) is 12.9. The second-order valence-electron chi connectivity index (χ2n) is 5.46. The fourth-order valence-corrected chi connectivity index (χ4v) is 3.07. The van der Waals surface area contributed by atoms with Gasteiger partial charge in [0.05, 0.1) is 11.3 Å². The third kappa shape index (κ3) is 2.82. The maximum Gasteiger partial charge on any atom is 0.336 e. The van der Waals surface area contributed by atoms with E-state index in [1.54, 1.807) is 12.1 Å². The van der Waals surface area contributed by atoms with Gasteiger partial charge in [0.25, 0.3) is 0 Å². The molecule has 1 aromatic heterocycles. The van der Waals surface area contributed by atoms with Crippen LogP contribution in [-0.4, -0.2) is 15.6 Å². The van der Waals surface area contributed by atoms with Crippen molar-refractivity contribution in [1.29, 1.82) is 0 Å². The molecule has 0 atom stereocenters. The largest absolute Gasteiger partial charge is 0.478 e. The number of benzene rings is 2. The number of aromatic carboxylic acids is 1. The number of hydrogen-bond donors (Lipinski definition) is 1. The number of aryl methyl sites for hydroxylation is 1. The van der Waals surface area contributed by atoms with E-state index in [-0.39, 0.29) is 0 Å². The van der Waals surface area contributed by atoms with E-state index in [1.165, 1.54) is 0 Å². The summed E-state index contributed by atoms with van der Waals surface area (Å²) < 4.78 is 3.13. The molecular formula is C19H16BrNO2. The standard InChI is InChI=1S/C19H16BrNO2/c1-12-6-11-18(14-7-9-15(20)10-8-14)21(12)17-5-3-4-16(13(17)2)19(22)23/h3-11H,1-2H3,(H,22,23). The number of rotatable bonds is 3. The topological polar surface area (TPSA) is 42.2 Å². The molecule has 0 aliphatic carbocycles. The minimum atomic E-state index is -0.903. The average molecular weight is 370 g/mol. The lowest BCUT2D eigenvalue weighted by Gasteiger charge is -2.16. The van der Waals surface area contributed by atoms with Gasteiger partial charge >= 0.3 is 5.97 Å². The molecule has 3 rings (SSSR count). The number of carboxylic acids is 1. The second kappa shape index (κ2) is 6.05. The van der Waals surface area contributed by atoms with E-state index in [0.717, 1.165) is 32.7 Å². The molecule has 0 unspecified atom stereocenters. The molecule has 1 N–H and O–H groups in total. The van der Waals surface area contributed by atoms with Gasteiger partial charge in [-0.3, -0.25) is 0 Å². The minimum Gasteiger partial charge on any atom is -0.478 e. The predicted octanol–water partition coefficient (Wildman–Crippen LogP) is 5.22. The highest BCUT2D eigenvalue weighted by Crippen LogP contribution is 2.29. The highest BCUT2D eigenvalue weighted by atomic mass is 79.9. The van der Waals surface area contributed by atoms with E-state index in [1.807, 2.05) is 50.2 Å². The van der Waals surface area contributed by atoms with Crippen LogP contribution in [0.25, 0.3) is 16.9 Å². The molecular weight excluding hydrogens is 354 g/mol. The molecule has 1 heterocycles. The Kier molecular flexibility index (Phi) is 4.09. The number of aromatic nitrogens is 1. The number of carboxylic acid groups (broad SMARTS) is 1. The summed E-state index contributed by atoms with van der Waals surface area (Å²) in [6, 6.07) is 17.6. The van der Waals surface area contributed by atoms with Gasteiger partial charge in [0.15, 0.2) is 0 Å². The molecule has 3 nitrogen and oxygen atoms in total. The first-order valence-corrected chi connectivity index (χ1v) is 8.06. The molecule has 0 amide bonds. The van der Waals surface area contributed by atoms with Crippen molar-refractivity contribution in [3.8, 4) is 16.9 Å². The van der Waals surface area contributed by atoms with Crippen LogP contribution in [-0.2, 0) is 0 Å². The molecule has 0 saturated heterocycles. The SMILES string of the molecule is Cc1c(C(=O)O)cccc1-n1c(C)ccc1-c1ccc(Br)cc1. The molecule has 0 radical (unpaired) electrons. The van der Waals surface area contributed by atoms with Crippen molar-refractivity contribution in [1.82, 2.24) is 4.57 Å². The molecule has 116 valence electrons. The van der Waals surface area contributed by atoms with E-state index in [0.29, 0.717) is 5.56 Å². The predicted molar refractivity (Wildman–Crippen MR) is 95.3 cm³/mol. The van der Waals surface area contributed by atoms with Crippen molar-refractivity contribution >= 4 is 21.9 Å². The smallest absolute Gasteiger partial charge is 0.336 e. The lowest BCUT2D eigenvalue weighted by Crippen LogP contribution is -2.06. The van der Waals surface area contributed by atoms with Gasteiger partial charge in [-0.25, -0.2) is 4.79 Å². The van der Waals surface area contributed by atoms with Crippen LogP contribution in [0.15, 0.2) is 59.1 Å². The van der Waals surface area contributed by atoms with Gasteiger partial charge in [-0.2, -0.15) is 0 Å². The molecule has 0 fully saturated rings. The van der Waals surface area contributed by atoms with E-state index in [2.05, 4.69) is 26.6 Å². The molecule has 23 heavy (non-hydrogen) atoms. The van der Waals surface area contributed by atoms with Crippen LogP contribution in [0.3, 0.4) is 0 Å². The molecule has 0 aliphatic heterocycles. The van der Waals surface area contributed by atoms with Gasteiger partial charge in [0, 0.05) is 15.9 Å². The van der Waals surface area contributed by atoms with E-state index in [9.17, 15) is 9.90 Å². The first-order chi connectivity index (χ1) is 11.0. The molecule has 0 bridgehead atoms. The van der Waals surface area contributed by atoms with E-state index < -0.39 is 5.97 Å². The summed E-state index contributed by atoms with van der Waals surface area (Å²) in [6.45, 7) is 3.87. The van der Waals surface area contributed by atoms with Crippen LogP contribution in [0, 0.1) is 13.8 Å². The Hall–Kier alpha value is -2.33. The van der Waals surface area contributed by atoms with Crippen LogP contribution >= 0.6 is 15.9 Å². The van der Waals surface area contributed by atoms with Crippen LogP contribution in [0.4, 0.5) is 0 Å². The van der Waals surface area contributed by atoms with Crippen LogP contribution < -0.4 is 0 Å². The zero-order valence-corrected chi connectivity index (χ0v) is 14.5. The third-order valence-corrected chi connectivity index (χ3v) is 4.52. The summed E-state index contributed by atoms with van der Waals surface area (Å²) in [4.78, 5) is 11.4. The van der Waals surface area contributed by atoms with Gasteiger partial charge in [0.2, 0.25) is 0 Å². The maximum atomic E-state index is 11.4. The summed E-state index contributed by atoms with van der Waals surface area (Å²) >= 11 is 3.45. The normalized spacial score (nSPS) is 10.7. The Bertz CT molecular complexity index is 879. The number of nitrogens with zero attached hydrogens (tertiary/aromatic N) is 1. The Morgan fingerprint density at radius 2 is 1.70 bits per heavy atom. The summed E-state index contributed by atoms with van der Waals surface area (Å²) in [5.74, 6) is -0.903. The van der Waals surface area contributed by atoms with Gasteiger partial charge in [-0.15, -0.1) is 0 Å². The van der Waals surface area contributed by atoms with Crippen LogP contribution in [0.2, 0.25) is 0 Å².